The van der Waals surface area contributed by atoms with Crippen molar-refractivity contribution in [3.05, 3.63) is 72.6 Å². The summed E-state index contributed by atoms with van der Waals surface area (Å²) in [5.41, 5.74) is 3.06. The van der Waals surface area contributed by atoms with Gasteiger partial charge in [-0.2, -0.15) is 5.10 Å². The first-order valence-corrected chi connectivity index (χ1v) is 6.88. The van der Waals surface area contributed by atoms with E-state index in [9.17, 15) is 5.11 Å². The second-order valence-corrected chi connectivity index (χ2v) is 4.96. The molecule has 4 nitrogen and oxygen atoms in total. The number of phenolic OH excluding ortho intramolecular Hbond substituents is 1. The first-order valence-electron chi connectivity index (χ1n) is 6.88. The van der Waals surface area contributed by atoms with Crippen molar-refractivity contribution in [3.63, 3.8) is 0 Å². The fourth-order valence-corrected chi connectivity index (χ4v) is 2.29. The van der Waals surface area contributed by atoms with Crippen LogP contribution in [0.5, 0.6) is 5.75 Å². The predicted octanol–water partition coefficient (Wildman–Crippen LogP) is 3.75. The van der Waals surface area contributed by atoms with Crippen LogP contribution in [0.15, 0.2) is 67.0 Å². The molecule has 0 spiro atoms. The summed E-state index contributed by atoms with van der Waals surface area (Å²) in [4.78, 5) is 0. The van der Waals surface area contributed by atoms with Crippen molar-refractivity contribution in [2.75, 3.05) is 5.32 Å². The Bertz CT molecular complexity index is 722. The summed E-state index contributed by atoms with van der Waals surface area (Å²) in [5.74, 6) is 0.284. The highest BCUT2D eigenvalue weighted by molar-refractivity contribution is 5.52. The van der Waals surface area contributed by atoms with E-state index in [4.69, 9.17) is 0 Å². The molecule has 0 amide bonds. The van der Waals surface area contributed by atoms with Crippen molar-refractivity contribution in [1.29, 1.82) is 0 Å². The number of phenols is 1. The zero-order valence-corrected chi connectivity index (χ0v) is 11.8. The summed E-state index contributed by atoms with van der Waals surface area (Å²) in [6.07, 6.45) is 3.67. The molecule has 0 aliphatic carbocycles. The Morgan fingerprint density at radius 1 is 1.10 bits per heavy atom. The van der Waals surface area contributed by atoms with Crippen LogP contribution in [0, 0.1) is 0 Å². The molecular weight excluding hydrogens is 262 g/mol. The van der Waals surface area contributed by atoms with Gasteiger partial charge in [-0.05, 0) is 48.9 Å². The lowest BCUT2D eigenvalue weighted by Gasteiger charge is -2.16. The fourth-order valence-electron chi connectivity index (χ4n) is 2.29. The maximum Gasteiger partial charge on any atom is 0.115 e. The normalized spacial score (nSPS) is 12.0. The smallest absolute Gasteiger partial charge is 0.115 e. The molecule has 0 saturated carbocycles. The highest BCUT2D eigenvalue weighted by Gasteiger charge is 2.06. The van der Waals surface area contributed by atoms with Gasteiger partial charge in [0.1, 0.15) is 5.75 Å². The Kier molecular flexibility index (Phi) is 3.60. The second kappa shape index (κ2) is 5.71. The van der Waals surface area contributed by atoms with Crippen molar-refractivity contribution in [2.45, 2.75) is 13.0 Å². The molecule has 2 N–H and O–H groups in total. The summed E-state index contributed by atoms with van der Waals surface area (Å²) in [6, 6.07) is 17.4. The lowest BCUT2D eigenvalue weighted by atomic mass is 10.1. The molecule has 3 rings (SSSR count). The van der Waals surface area contributed by atoms with Crippen LogP contribution in [-0.4, -0.2) is 14.9 Å². The van der Waals surface area contributed by atoms with Gasteiger partial charge in [0.25, 0.3) is 0 Å². The molecule has 0 bridgehead atoms. The average Bonchev–Trinajstić information content (AvgIpc) is 3.02. The van der Waals surface area contributed by atoms with Crippen molar-refractivity contribution in [1.82, 2.24) is 9.78 Å². The zero-order valence-electron chi connectivity index (χ0n) is 11.8. The van der Waals surface area contributed by atoms with Crippen molar-refractivity contribution < 1.29 is 5.11 Å². The van der Waals surface area contributed by atoms with Crippen molar-refractivity contribution in [3.8, 4) is 11.4 Å². The average molecular weight is 279 g/mol. The number of aromatic hydroxyl groups is 1. The minimum atomic E-state index is 0.102. The minimum absolute atomic E-state index is 0.102. The third kappa shape index (κ3) is 3.05. The number of nitrogens with zero attached hydrogens (tertiary/aromatic N) is 2. The Balaban J connectivity index is 1.80. The highest BCUT2D eigenvalue weighted by atomic mass is 16.3. The predicted molar refractivity (Wildman–Crippen MR) is 83.7 cm³/mol. The Morgan fingerprint density at radius 3 is 2.71 bits per heavy atom. The molecule has 1 aromatic heterocycles. The zero-order chi connectivity index (χ0) is 14.7. The number of aromatic nitrogens is 2. The second-order valence-electron chi connectivity index (χ2n) is 4.96. The maximum atomic E-state index is 9.56. The van der Waals surface area contributed by atoms with Gasteiger partial charge in [0.05, 0.1) is 5.69 Å². The summed E-state index contributed by atoms with van der Waals surface area (Å²) in [6.45, 7) is 2.06. The molecule has 1 unspecified atom stereocenters. The monoisotopic (exact) mass is 279 g/mol. The molecule has 3 aromatic rings. The molecule has 1 heterocycles. The van der Waals surface area contributed by atoms with Gasteiger partial charge >= 0.3 is 0 Å². The van der Waals surface area contributed by atoms with E-state index in [1.807, 2.05) is 53.3 Å². The van der Waals surface area contributed by atoms with Crippen LogP contribution < -0.4 is 5.32 Å². The number of anilines is 1. The summed E-state index contributed by atoms with van der Waals surface area (Å²) >= 11 is 0. The SMILES string of the molecule is CC(Nc1cccc(-n2cccn2)c1)c1cccc(O)c1. The Hall–Kier alpha value is -2.75. The molecule has 0 saturated heterocycles. The molecule has 1 atom stereocenters. The number of hydrogen-bond donors (Lipinski definition) is 2. The minimum Gasteiger partial charge on any atom is -0.508 e. The Morgan fingerprint density at radius 2 is 1.95 bits per heavy atom. The van der Waals surface area contributed by atoms with Gasteiger partial charge in [-0.15, -0.1) is 0 Å². The number of nitrogens with one attached hydrogen (secondary N) is 1. The van der Waals surface area contributed by atoms with Gasteiger partial charge in [0.15, 0.2) is 0 Å². The van der Waals surface area contributed by atoms with Crippen LogP contribution in [-0.2, 0) is 0 Å². The quantitative estimate of drug-likeness (QED) is 0.764. The standard InChI is InChI=1S/C17H17N3O/c1-13(14-5-2-8-17(21)11-14)19-15-6-3-7-16(12-15)20-10-4-9-18-20/h2-13,19,21H,1H3. The van der Waals surface area contributed by atoms with E-state index >= 15 is 0 Å². The molecule has 0 fully saturated rings. The van der Waals surface area contributed by atoms with E-state index in [0.29, 0.717) is 0 Å². The van der Waals surface area contributed by atoms with Crippen LogP contribution in [0.4, 0.5) is 5.69 Å². The maximum absolute atomic E-state index is 9.56. The number of rotatable bonds is 4. The van der Waals surface area contributed by atoms with E-state index in [0.717, 1.165) is 16.9 Å². The molecule has 21 heavy (non-hydrogen) atoms. The van der Waals surface area contributed by atoms with Gasteiger partial charge in [-0.25, -0.2) is 4.68 Å². The third-order valence-corrected chi connectivity index (χ3v) is 3.37. The van der Waals surface area contributed by atoms with Gasteiger partial charge < -0.3 is 10.4 Å². The number of hydrogen-bond acceptors (Lipinski definition) is 3. The molecule has 0 aliphatic heterocycles. The summed E-state index contributed by atoms with van der Waals surface area (Å²) < 4.78 is 1.82. The lowest BCUT2D eigenvalue weighted by Crippen LogP contribution is -2.07. The molecule has 0 radical (unpaired) electrons. The molecule has 106 valence electrons. The van der Waals surface area contributed by atoms with E-state index < -0.39 is 0 Å². The van der Waals surface area contributed by atoms with Gasteiger partial charge in [-0.3, -0.25) is 0 Å². The van der Waals surface area contributed by atoms with Crippen molar-refractivity contribution in [2.24, 2.45) is 0 Å². The third-order valence-electron chi connectivity index (χ3n) is 3.37. The summed E-state index contributed by atoms with van der Waals surface area (Å²) in [5, 5.41) is 17.2. The van der Waals surface area contributed by atoms with E-state index in [-0.39, 0.29) is 11.8 Å². The van der Waals surface area contributed by atoms with E-state index in [1.165, 1.54) is 0 Å². The van der Waals surface area contributed by atoms with Crippen LogP contribution in [0.25, 0.3) is 5.69 Å². The van der Waals surface area contributed by atoms with Crippen LogP contribution in [0.2, 0.25) is 0 Å². The Labute approximate surface area is 123 Å². The highest BCUT2D eigenvalue weighted by Crippen LogP contribution is 2.23. The van der Waals surface area contributed by atoms with Gasteiger partial charge in [0.2, 0.25) is 0 Å². The van der Waals surface area contributed by atoms with Crippen LogP contribution in [0.3, 0.4) is 0 Å². The molecule has 4 heteroatoms. The molecular formula is C17H17N3O. The largest absolute Gasteiger partial charge is 0.508 e. The first-order chi connectivity index (χ1) is 10.2. The number of benzene rings is 2. The summed E-state index contributed by atoms with van der Waals surface area (Å²) in [7, 11) is 0. The molecule has 0 aliphatic rings. The lowest BCUT2D eigenvalue weighted by molar-refractivity contribution is 0.474. The molecule has 2 aromatic carbocycles. The van der Waals surface area contributed by atoms with E-state index in [1.54, 1.807) is 18.3 Å². The van der Waals surface area contributed by atoms with Crippen LogP contribution in [0.1, 0.15) is 18.5 Å². The van der Waals surface area contributed by atoms with Gasteiger partial charge in [-0.1, -0.05) is 18.2 Å². The van der Waals surface area contributed by atoms with Crippen molar-refractivity contribution >= 4 is 5.69 Å². The van der Waals surface area contributed by atoms with Gasteiger partial charge in [0, 0.05) is 24.1 Å². The van der Waals surface area contributed by atoms with Crippen LogP contribution >= 0.6 is 0 Å². The first kappa shape index (κ1) is 13.2. The topological polar surface area (TPSA) is 50.1 Å². The van der Waals surface area contributed by atoms with E-state index in [2.05, 4.69) is 17.3 Å². The fraction of sp³-hybridized carbons (Fsp3) is 0.118.